The third-order valence-corrected chi connectivity index (χ3v) is 4.12. The van der Waals surface area contributed by atoms with E-state index in [1.807, 2.05) is 0 Å². The summed E-state index contributed by atoms with van der Waals surface area (Å²) in [6, 6.07) is 0. The molecular formula is C11H19ClO. The number of hydrogen-bond acceptors (Lipinski definition) is 1. The molecule has 0 radical (unpaired) electrons. The smallest absolute Gasteiger partial charge is 0.0580 e. The Labute approximate surface area is 85.8 Å². The standard InChI is InChI=1S/C11H19ClO/c1-2-3-10-7-11(4-5-13-10)6-9(11)8-12/h9-10H,2-8H2,1H3. The van der Waals surface area contributed by atoms with Gasteiger partial charge in [0.05, 0.1) is 6.10 Å². The molecule has 3 unspecified atom stereocenters. The molecule has 76 valence electrons. The van der Waals surface area contributed by atoms with E-state index in [9.17, 15) is 0 Å². The van der Waals surface area contributed by atoms with Crippen LogP contribution in [0.15, 0.2) is 0 Å². The molecular weight excluding hydrogens is 184 g/mol. The van der Waals surface area contributed by atoms with Crippen molar-refractivity contribution >= 4 is 11.6 Å². The molecule has 1 heterocycles. The maximum absolute atomic E-state index is 5.91. The molecule has 0 amide bonds. The van der Waals surface area contributed by atoms with Crippen molar-refractivity contribution in [2.24, 2.45) is 11.3 Å². The molecule has 1 aliphatic carbocycles. The van der Waals surface area contributed by atoms with Gasteiger partial charge < -0.3 is 4.74 Å². The van der Waals surface area contributed by atoms with E-state index < -0.39 is 0 Å². The molecule has 2 heteroatoms. The maximum Gasteiger partial charge on any atom is 0.0580 e. The van der Waals surface area contributed by atoms with Crippen LogP contribution in [0.25, 0.3) is 0 Å². The van der Waals surface area contributed by atoms with Crippen LogP contribution < -0.4 is 0 Å². The molecule has 2 aliphatic rings. The van der Waals surface area contributed by atoms with Gasteiger partial charge in [-0.05, 0) is 37.0 Å². The summed E-state index contributed by atoms with van der Waals surface area (Å²) in [5.74, 6) is 1.66. The summed E-state index contributed by atoms with van der Waals surface area (Å²) in [7, 11) is 0. The Morgan fingerprint density at radius 3 is 2.92 bits per heavy atom. The molecule has 13 heavy (non-hydrogen) atoms. The predicted molar refractivity (Wildman–Crippen MR) is 55.1 cm³/mol. The van der Waals surface area contributed by atoms with Crippen LogP contribution >= 0.6 is 11.6 Å². The molecule has 1 spiro atoms. The first-order valence-electron chi connectivity index (χ1n) is 5.48. The number of hydrogen-bond donors (Lipinski definition) is 0. The van der Waals surface area contributed by atoms with E-state index in [2.05, 4.69) is 6.92 Å². The average Bonchev–Trinajstić information content (AvgIpc) is 2.79. The summed E-state index contributed by atoms with van der Waals surface area (Å²) in [5, 5.41) is 0. The third-order valence-electron chi connectivity index (χ3n) is 3.74. The largest absolute Gasteiger partial charge is 0.378 e. The summed E-state index contributed by atoms with van der Waals surface area (Å²) < 4.78 is 5.74. The monoisotopic (exact) mass is 202 g/mol. The minimum absolute atomic E-state index is 0.534. The minimum Gasteiger partial charge on any atom is -0.378 e. The Morgan fingerprint density at radius 2 is 2.31 bits per heavy atom. The molecule has 1 aliphatic heterocycles. The van der Waals surface area contributed by atoms with Crippen LogP contribution in [0, 0.1) is 11.3 Å². The highest BCUT2D eigenvalue weighted by Crippen LogP contribution is 2.60. The number of alkyl halides is 1. The van der Waals surface area contributed by atoms with Crippen molar-refractivity contribution in [2.75, 3.05) is 12.5 Å². The van der Waals surface area contributed by atoms with E-state index in [1.165, 1.54) is 32.1 Å². The van der Waals surface area contributed by atoms with E-state index in [0.717, 1.165) is 18.4 Å². The topological polar surface area (TPSA) is 9.23 Å². The van der Waals surface area contributed by atoms with Gasteiger partial charge in [-0.25, -0.2) is 0 Å². The Balaban J connectivity index is 1.87. The van der Waals surface area contributed by atoms with Crippen LogP contribution in [0.4, 0.5) is 0 Å². The quantitative estimate of drug-likeness (QED) is 0.639. The molecule has 3 atom stereocenters. The average molecular weight is 203 g/mol. The minimum atomic E-state index is 0.534. The molecule has 0 aromatic heterocycles. The third kappa shape index (κ3) is 1.87. The van der Waals surface area contributed by atoms with Crippen LogP contribution in [-0.4, -0.2) is 18.6 Å². The van der Waals surface area contributed by atoms with E-state index in [1.54, 1.807) is 0 Å². The first-order chi connectivity index (χ1) is 6.30. The van der Waals surface area contributed by atoms with Crippen LogP contribution in [0.5, 0.6) is 0 Å². The molecule has 1 nitrogen and oxygen atoms in total. The van der Waals surface area contributed by atoms with Crippen LogP contribution in [-0.2, 0) is 4.74 Å². The molecule has 2 rings (SSSR count). The van der Waals surface area contributed by atoms with Crippen molar-refractivity contribution in [3.8, 4) is 0 Å². The lowest BCUT2D eigenvalue weighted by atomic mass is 9.88. The van der Waals surface area contributed by atoms with Gasteiger partial charge in [0.15, 0.2) is 0 Å². The summed E-state index contributed by atoms with van der Waals surface area (Å²) in [4.78, 5) is 0. The van der Waals surface area contributed by atoms with Crippen LogP contribution in [0.1, 0.15) is 39.0 Å². The zero-order chi connectivity index (χ0) is 9.31. The van der Waals surface area contributed by atoms with Gasteiger partial charge in [0.1, 0.15) is 0 Å². The molecule has 0 aromatic carbocycles. The zero-order valence-corrected chi connectivity index (χ0v) is 9.15. The van der Waals surface area contributed by atoms with Crippen molar-refractivity contribution in [1.29, 1.82) is 0 Å². The van der Waals surface area contributed by atoms with Crippen molar-refractivity contribution in [2.45, 2.75) is 45.1 Å². The highest BCUT2D eigenvalue weighted by atomic mass is 35.5. The predicted octanol–water partition coefficient (Wildman–Crippen LogP) is 3.21. The van der Waals surface area contributed by atoms with Gasteiger partial charge in [0.25, 0.3) is 0 Å². The van der Waals surface area contributed by atoms with Gasteiger partial charge in [0.2, 0.25) is 0 Å². The fourth-order valence-electron chi connectivity index (χ4n) is 2.76. The second-order valence-corrected chi connectivity index (χ2v) is 4.96. The lowest BCUT2D eigenvalue weighted by Crippen LogP contribution is -2.27. The highest BCUT2D eigenvalue weighted by Gasteiger charge is 2.55. The summed E-state index contributed by atoms with van der Waals surface area (Å²) in [5.41, 5.74) is 0.611. The van der Waals surface area contributed by atoms with E-state index >= 15 is 0 Å². The van der Waals surface area contributed by atoms with E-state index in [0.29, 0.717) is 11.5 Å². The molecule has 1 saturated carbocycles. The summed E-state index contributed by atoms with van der Waals surface area (Å²) in [6.07, 6.45) is 6.90. The van der Waals surface area contributed by atoms with E-state index in [-0.39, 0.29) is 0 Å². The van der Waals surface area contributed by atoms with Gasteiger partial charge in [-0.2, -0.15) is 0 Å². The van der Waals surface area contributed by atoms with Gasteiger partial charge in [-0.1, -0.05) is 13.3 Å². The van der Waals surface area contributed by atoms with Crippen molar-refractivity contribution in [3.63, 3.8) is 0 Å². The maximum atomic E-state index is 5.91. The number of halogens is 1. The molecule has 0 aromatic rings. The van der Waals surface area contributed by atoms with Crippen LogP contribution in [0.2, 0.25) is 0 Å². The lowest BCUT2D eigenvalue weighted by Gasteiger charge is -2.30. The van der Waals surface area contributed by atoms with Gasteiger partial charge in [-0.3, -0.25) is 0 Å². The SMILES string of the molecule is CCCC1CC2(CCO1)CC2CCl. The Kier molecular flexibility index (Phi) is 2.85. The fourth-order valence-corrected chi connectivity index (χ4v) is 3.19. The molecule has 2 fully saturated rings. The molecule has 0 bridgehead atoms. The number of rotatable bonds is 3. The second-order valence-electron chi connectivity index (χ2n) is 4.65. The Hall–Kier alpha value is 0.250. The fraction of sp³-hybridized carbons (Fsp3) is 1.00. The van der Waals surface area contributed by atoms with Gasteiger partial charge >= 0.3 is 0 Å². The van der Waals surface area contributed by atoms with Gasteiger partial charge in [-0.15, -0.1) is 11.6 Å². The Morgan fingerprint density at radius 1 is 1.46 bits per heavy atom. The van der Waals surface area contributed by atoms with Gasteiger partial charge in [0, 0.05) is 12.5 Å². The second kappa shape index (κ2) is 3.78. The number of ether oxygens (including phenoxy) is 1. The molecule has 0 N–H and O–H groups in total. The van der Waals surface area contributed by atoms with Crippen molar-refractivity contribution in [3.05, 3.63) is 0 Å². The Bertz CT molecular complexity index is 181. The highest BCUT2D eigenvalue weighted by molar-refractivity contribution is 6.18. The van der Waals surface area contributed by atoms with Crippen molar-refractivity contribution < 1.29 is 4.74 Å². The lowest BCUT2D eigenvalue weighted by molar-refractivity contribution is -0.0240. The van der Waals surface area contributed by atoms with Crippen LogP contribution in [0.3, 0.4) is 0 Å². The van der Waals surface area contributed by atoms with Crippen molar-refractivity contribution in [1.82, 2.24) is 0 Å². The summed E-state index contributed by atoms with van der Waals surface area (Å²) >= 11 is 5.91. The van der Waals surface area contributed by atoms with E-state index in [4.69, 9.17) is 16.3 Å². The summed E-state index contributed by atoms with van der Waals surface area (Å²) in [6.45, 7) is 3.20. The molecule has 1 saturated heterocycles. The normalized spacial score (nSPS) is 43.8. The first kappa shape index (κ1) is 9.79. The zero-order valence-electron chi connectivity index (χ0n) is 8.39. The first-order valence-corrected chi connectivity index (χ1v) is 6.02.